The van der Waals surface area contributed by atoms with Crippen LogP contribution in [-0.2, 0) is 4.79 Å². The highest BCUT2D eigenvalue weighted by atomic mass is 19.1. The molecule has 1 aliphatic rings. The number of benzene rings is 1. The Morgan fingerprint density at radius 2 is 1.76 bits per heavy atom. The number of carboxylic acids is 1. The molecule has 3 nitrogen and oxygen atoms in total. The first kappa shape index (κ1) is 11.9. The molecule has 0 spiro atoms. The molecular weight excluding hydrogens is 221 g/mol. The zero-order chi connectivity index (χ0) is 12.3. The molecule has 17 heavy (non-hydrogen) atoms. The number of anilines is 1. The van der Waals surface area contributed by atoms with Gasteiger partial charge >= 0.3 is 0 Å². The first-order valence-corrected chi connectivity index (χ1v) is 5.88. The van der Waals surface area contributed by atoms with Crippen molar-refractivity contribution in [3.05, 3.63) is 30.1 Å². The van der Waals surface area contributed by atoms with E-state index < -0.39 is 11.5 Å². The van der Waals surface area contributed by atoms with E-state index in [1.165, 1.54) is 12.1 Å². The van der Waals surface area contributed by atoms with E-state index in [-0.39, 0.29) is 5.82 Å². The summed E-state index contributed by atoms with van der Waals surface area (Å²) in [6.45, 7) is 0. The summed E-state index contributed by atoms with van der Waals surface area (Å²) < 4.78 is 12.8. The van der Waals surface area contributed by atoms with Gasteiger partial charge in [0.15, 0.2) is 0 Å². The van der Waals surface area contributed by atoms with Gasteiger partial charge in [-0.25, -0.2) is 4.39 Å². The minimum absolute atomic E-state index is 0.332. The summed E-state index contributed by atoms with van der Waals surface area (Å²) in [6.07, 6.45) is 3.93. The largest absolute Gasteiger partial charge is 0.548 e. The molecule has 1 saturated carbocycles. The standard InChI is InChI=1S/C13H16FNO2/c14-10-4-6-11(7-5-10)15-13(12(16)17)8-2-1-3-9-13/h4-7,15H,1-3,8-9H2,(H,16,17)/p-1. The monoisotopic (exact) mass is 236 g/mol. The van der Waals surface area contributed by atoms with Crippen LogP contribution in [0.3, 0.4) is 0 Å². The van der Waals surface area contributed by atoms with Crippen molar-refractivity contribution in [2.45, 2.75) is 37.6 Å². The lowest BCUT2D eigenvalue weighted by atomic mass is 9.81. The van der Waals surface area contributed by atoms with E-state index in [9.17, 15) is 14.3 Å². The van der Waals surface area contributed by atoms with Crippen molar-refractivity contribution in [3.8, 4) is 0 Å². The van der Waals surface area contributed by atoms with Gasteiger partial charge in [0.2, 0.25) is 0 Å². The van der Waals surface area contributed by atoms with Crippen LogP contribution in [0.4, 0.5) is 10.1 Å². The average molecular weight is 236 g/mol. The fraction of sp³-hybridized carbons (Fsp3) is 0.462. The number of aliphatic carboxylic acids is 1. The molecule has 1 fully saturated rings. The predicted octanol–water partition coefficient (Wildman–Crippen LogP) is 1.69. The van der Waals surface area contributed by atoms with Crippen LogP contribution in [0.25, 0.3) is 0 Å². The molecule has 1 aliphatic carbocycles. The number of rotatable bonds is 3. The Morgan fingerprint density at radius 3 is 2.29 bits per heavy atom. The molecule has 0 aliphatic heterocycles. The lowest BCUT2D eigenvalue weighted by Gasteiger charge is -2.39. The third-order valence-corrected chi connectivity index (χ3v) is 3.33. The number of hydrogen-bond donors (Lipinski definition) is 1. The SMILES string of the molecule is O=C([O-])C1(Nc2ccc(F)cc2)CCCCC1. The molecule has 0 atom stereocenters. The third kappa shape index (κ3) is 2.57. The Labute approximate surface area is 99.7 Å². The Hall–Kier alpha value is -1.58. The van der Waals surface area contributed by atoms with Crippen LogP contribution in [-0.4, -0.2) is 11.5 Å². The van der Waals surface area contributed by atoms with Gasteiger partial charge in [-0.05, 0) is 37.1 Å². The number of carboxylic acid groups (broad SMARTS) is 1. The lowest BCUT2D eigenvalue weighted by molar-refractivity contribution is -0.313. The minimum atomic E-state index is -1.07. The smallest absolute Gasteiger partial charge is 0.123 e. The zero-order valence-corrected chi connectivity index (χ0v) is 9.54. The van der Waals surface area contributed by atoms with Crippen molar-refractivity contribution in [1.82, 2.24) is 0 Å². The van der Waals surface area contributed by atoms with Gasteiger partial charge in [0.05, 0.1) is 11.5 Å². The molecule has 2 rings (SSSR count). The molecule has 1 aromatic rings. The average Bonchev–Trinajstić information content (AvgIpc) is 2.33. The Kier molecular flexibility index (Phi) is 3.31. The van der Waals surface area contributed by atoms with Crippen molar-refractivity contribution in [1.29, 1.82) is 0 Å². The summed E-state index contributed by atoms with van der Waals surface area (Å²) in [5, 5.41) is 14.3. The van der Waals surface area contributed by atoms with E-state index in [0.29, 0.717) is 18.5 Å². The molecule has 0 radical (unpaired) electrons. The van der Waals surface area contributed by atoms with Gasteiger partial charge in [0.1, 0.15) is 5.82 Å². The maximum absolute atomic E-state index is 12.8. The second-order valence-corrected chi connectivity index (χ2v) is 4.56. The molecule has 0 aromatic heterocycles. The van der Waals surface area contributed by atoms with E-state index in [2.05, 4.69) is 5.32 Å². The number of hydrogen-bond acceptors (Lipinski definition) is 3. The van der Waals surface area contributed by atoms with Crippen molar-refractivity contribution in [2.75, 3.05) is 5.32 Å². The molecule has 0 amide bonds. The normalized spacial score (nSPS) is 18.6. The van der Waals surface area contributed by atoms with Crippen molar-refractivity contribution in [3.63, 3.8) is 0 Å². The predicted molar refractivity (Wildman–Crippen MR) is 60.8 cm³/mol. The van der Waals surface area contributed by atoms with Gasteiger partial charge in [0, 0.05) is 5.69 Å². The van der Waals surface area contributed by atoms with Crippen molar-refractivity contribution in [2.24, 2.45) is 0 Å². The zero-order valence-electron chi connectivity index (χ0n) is 9.54. The van der Waals surface area contributed by atoms with Crippen LogP contribution < -0.4 is 10.4 Å². The van der Waals surface area contributed by atoms with Crippen LogP contribution in [0, 0.1) is 5.82 Å². The van der Waals surface area contributed by atoms with Crippen LogP contribution in [0.5, 0.6) is 0 Å². The van der Waals surface area contributed by atoms with Crippen LogP contribution >= 0.6 is 0 Å². The second kappa shape index (κ2) is 4.73. The van der Waals surface area contributed by atoms with Crippen LogP contribution in [0.1, 0.15) is 32.1 Å². The molecule has 0 unspecified atom stereocenters. The second-order valence-electron chi connectivity index (χ2n) is 4.56. The first-order chi connectivity index (χ1) is 8.12. The van der Waals surface area contributed by atoms with Gasteiger partial charge in [-0.1, -0.05) is 19.3 Å². The molecular formula is C13H15FNO2-. The van der Waals surface area contributed by atoms with E-state index in [1.807, 2.05) is 0 Å². The molecule has 1 N–H and O–H groups in total. The van der Waals surface area contributed by atoms with Crippen LogP contribution in [0.2, 0.25) is 0 Å². The van der Waals surface area contributed by atoms with Gasteiger partial charge in [-0.2, -0.15) is 0 Å². The summed E-state index contributed by atoms with van der Waals surface area (Å²) in [5.74, 6) is -1.40. The molecule has 1 aromatic carbocycles. The van der Waals surface area contributed by atoms with Crippen LogP contribution in [0.15, 0.2) is 24.3 Å². The molecule has 0 heterocycles. The highest BCUT2D eigenvalue weighted by molar-refractivity contribution is 5.81. The maximum Gasteiger partial charge on any atom is 0.123 e. The Morgan fingerprint density at radius 1 is 1.18 bits per heavy atom. The summed E-state index contributed by atoms with van der Waals surface area (Å²) in [5.41, 5.74) is -0.367. The van der Waals surface area contributed by atoms with Gasteiger partial charge < -0.3 is 15.2 Å². The van der Waals surface area contributed by atoms with Gasteiger partial charge in [-0.15, -0.1) is 0 Å². The highest BCUT2D eigenvalue weighted by Crippen LogP contribution is 2.31. The molecule has 92 valence electrons. The fourth-order valence-corrected chi connectivity index (χ4v) is 2.35. The quantitative estimate of drug-likeness (QED) is 0.868. The summed E-state index contributed by atoms with van der Waals surface area (Å²) in [7, 11) is 0. The topological polar surface area (TPSA) is 52.2 Å². The number of carbonyl (C=O) groups excluding carboxylic acids is 1. The Balaban J connectivity index is 2.17. The van der Waals surface area contributed by atoms with Crippen molar-refractivity contribution < 1.29 is 14.3 Å². The Bertz CT molecular complexity index is 396. The first-order valence-electron chi connectivity index (χ1n) is 5.88. The molecule has 0 bridgehead atoms. The fourth-order valence-electron chi connectivity index (χ4n) is 2.35. The highest BCUT2D eigenvalue weighted by Gasteiger charge is 2.33. The number of halogens is 1. The van der Waals surface area contributed by atoms with E-state index in [0.717, 1.165) is 19.3 Å². The maximum atomic E-state index is 12.8. The molecule has 4 heteroatoms. The summed E-state index contributed by atoms with van der Waals surface area (Å²) in [4.78, 5) is 11.3. The molecule has 0 saturated heterocycles. The van der Waals surface area contributed by atoms with E-state index >= 15 is 0 Å². The van der Waals surface area contributed by atoms with E-state index in [1.54, 1.807) is 12.1 Å². The van der Waals surface area contributed by atoms with Gasteiger partial charge in [-0.3, -0.25) is 0 Å². The number of carbonyl (C=O) groups is 1. The minimum Gasteiger partial charge on any atom is -0.548 e. The lowest BCUT2D eigenvalue weighted by Crippen LogP contribution is -2.55. The third-order valence-electron chi connectivity index (χ3n) is 3.33. The number of nitrogens with one attached hydrogen (secondary N) is 1. The summed E-state index contributed by atoms with van der Waals surface area (Å²) >= 11 is 0. The van der Waals surface area contributed by atoms with Crippen molar-refractivity contribution >= 4 is 11.7 Å². The van der Waals surface area contributed by atoms with E-state index in [4.69, 9.17) is 0 Å². The van der Waals surface area contributed by atoms with Gasteiger partial charge in [0.25, 0.3) is 0 Å². The summed E-state index contributed by atoms with van der Waals surface area (Å²) in [6, 6.07) is 5.73.